The molecule has 2 aliphatic rings. The van der Waals surface area contributed by atoms with E-state index in [-0.39, 0.29) is 0 Å². The molecule has 3 nitrogen and oxygen atoms in total. The molecule has 0 atom stereocenters. The Morgan fingerprint density at radius 2 is 0.979 bits per heavy atom. The zero-order chi connectivity index (χ0) is 31.4. The molecule has 220 valence electrons. The Labute approximate surface area is 273 Å². The first-order chi connectivity index (χ1) is 23.2. The summed E-state index contributed by atoms with van der Waals surface area (Å²) in [6.07, 6.45) is 0. The first-order valence-electron chi connectivity index (χ1n) is 15.7. The minimum absolute atomic E-state index is 0.501. The van der Waals surface area contributed by atoms with E-state index in [2.05, 4.69) is 133 Å². The van der Waals surface area contributed by atoms with Crippen molar-refractivity contribution in [2.45, 2.75) is 5.41 Å². The van der Waals surface area contributed by atoms with Gasteiger partial charge in [-0.3, -0.25) is 0 Å². The van der Waals surface area contributed by atoms with Crippen LogP contribution in [0.2, 0.25) is 0 Å². The van der Waals surface area contributed by atoms with E-state index in [1.807, 2.05) is 36.4 Å². The lowest BCUT2D eigenvalue weighted by molar-refractivity contribution is 0.359. The second-order valence-electron chi connectivity index (χ2n) is 12.0. The van der Waals surface area contributed by atoms with Crippen molar-refractivity contribution in [1.82, 2.24) is 0 Å². The highest BCUT2D eigenvalue weighted by Crippen LogP contribution is 2.59. The number of hydrogen-bond donors (Lipinski definition) is 0. The van der Waals surface area contributed by atoms with Crippen molar-refractivity contribution in [3.63, 3.8) is 0 Å². The molecule has 0 amide bonds. The van der Waals surface area contributed by atoms with E-state index in [9.17, 15) is 5.26 Å². The fourth-order valence-electron chi connectivity index (χ4n) is 7.32. The maximum absolute atomic E-state index is 9.29. The number of nitrogens with zero attached hydrogens (tertiary/aromatic N) is 1. The van der Waals surface area contributed by atoms with E-state index >= 15 is 0 Å². The van der Waals surface area contributed by atoms with Crippen LogP contribution in [0, 0.1) is 11.3 Å². The maximum atomic E-state index is 9.29. The SMILES string of the molecule is N#Cc1cccc(-c2ccc(-c3ccc4c(c3)Oc3cc5c(cc3O4)C(c3ccccc3)(c3ccccc3)c3ccccc3-5)cc2)c1. The quantitative estimate of drug-likeness (QED) is 0.202. The lowest BCUT2D eigenvalue weighted by atomic mass is 9.67. The molecule has 47 heavy (non-hydrogen) atoms. The van der Waals surface area contributed by atoms with E-state index in [1.165, 1.54) is 27.8 Å². The third kappa shape index (κ3) is 4.20. The Balaban J connectivity index is 1.12. The van der Waals surface area contributed by atoms with Crippen LogP contribution in [0.3, 0.4) is 0 Å². The van der Waals surface area contributed by atoms with Crippen LogP contribution >= 0.6 is 0 Å². The van der Waals surface area contributed by atoms with Gasteiger partial charge in [-0.05, 0) is 92.0 Å². The smallest absolute Gasteiger partial charge is 0.170 e. The molecule has 0 aromatic heterocycles. The van der Waals surface area contributed by atoms with Gasteiger partial charge in [0.25, 0.3) is 0 Å². The zero-order valence-corrected chi connectivity index (χ0v) is 25.4. The summed E-state index contributed by atoms with van der Waals surface area (Å²) >= 11 is 0. The summed E-state index contributed by atoms with van der Waals surface area (Å²) in [4.78, 5) is 0. The fraction of sp³-hybridized carbons (Fsp3) is 0.0227. The fourth-order valence-corrected chi connectivity index (χ4v) is 7.32. The minimum Gasteiger partial charge on any atom is -0.450 e. The van der Waals surface area contributed by atoms with Gasteiger partial charge in [0.1, 0.15) is 0 Å². The van der Waals surface area contributed by atoms with Crippen molar-refractivity contribution in [2.24, 2.45) is 0 Å². The van der Waals surface area contributed by atoms with Crippen molar-refractivity contribution >= 4 is 0 Å². The van der Waals surface area contributed by atoms with Crippen LogP contribution in [0.25, 0.3) is 33.4 Å². The van der Waals surface area contributed by atoms with Gasteiger partial charge in [0.2, 0.25) is 0 Å². The molecule has 7 aromatic rings. The van der Waals surface area contributed by atoms with Gasteiger partial charge in [-0.2, -0.15) is 5.26 Å². The molecule has 0 fully saturated rings. The average molecular weight is 602 g/mol. The van der Waals surface area contributed by atoms with Crippen LogP contribution in [0.1, 0.15) is 27.8 Å². The third-order valence-corrected chi connectivity index (χ3v) is 9.45. The standard InChI is InChI=1S/C44H27NO2/c45-28-29-10-9-11-32(24-29)30-18-20-31(21-19-30)33-22-23-40-41(25-33)47-42-26-37-36-16-7-8-17-38(36)44(34-12-3-1-4-13-34,35-14-5-2-6-15-35)39(37)27-43(42)46-40/h1-27H. The maximum Gasteiger partial charge on any atom is 0.170 e. The van der Waals surface area contributed by atoms with E-state index in [4.69, 9.17) is 9.47 Å². The highest BCUT2D eigenvalue weighted by molar-refractivity contribution is 5.88. The summed E-state index contributed by atoms with van der Waals surface area (Å²) < 4.78 is 13.2. The topological polar surface area (TPSA) is 42.2 Å². The van der Waals surface area contributed by atoms with E-state index in [1.54, 1.807) is 0 Å². The monoisotopic (exact) mass is 601 g/mol. The van der Waals surface area contributed by atoms with E-state index in [0.29, 0.717) is 28.6 Å². The van der Waals surface area contributed by atoms with E-state index < -0.39 is 5.41 Å². The van der Waals surface area contributed by atoms with Crippen LogP contribution < -0.4 is 9.47 Å². The van der Waals surface area contributed by atoms with Gasteiger partial charge in [-0.15, -0.1) is 0 Å². The second-order valence-corrected chi connectivity index (χ2v) is 12.0. The average Bonchev–Trinajstić information content (AvgIpc) is 3.43. The number of rotatable bonds is 4. The first-order valence-corrected chi connectivity index (χ1v) is 15.7. The predicted octanol–water partition coefficient (Wildman–Crippen LogP) is 11.2. The predicted molar refractivity (Wildman–Crippen MR) is 186 cm³/mol. The van der Waals surface area contributed by atoms with Crippen LogP contribution in [0.5, 0.6) is 23.0 Å². The van der Waals surface area contributed by atoms with E-state index in [0.717, 1.165) is 27.8 Å². The van der Waals surface area contributed by atoms with Gasteiger partial charge in [-0.1, -0.05) is 127 Å². The number of ether oxygens (including phenoxy) is 2. The molecule has 0 saturated carbocycles. The molecular weight excluding hydrogens is 574 g/mol. The molecule has 1 aliphatic heterocycles. The number of fused-ring (bicyclic) bond motifs is 5. The van der Waals surface area contributed by atoms with Crippen LogP contribution in [-0.4, -0.2) is 0 Å². The van der Waals surface area contributed by atoms with Crippen LogP contribution in [-0.2, 0) is 5.41 Å². The lowest BCUT2D eigenvalue weighted by Crippen LogP contribution is -2.28. The zero-order valence-electron chi connectivity index (χ0n) is 25.4. The Bertz CT molecular complexity index is 2310. The van der Waals surface area contributed by atoms with Gasteiger partial charge in [0.15, 0.2) is 23.0 Å². The minimum atomic E-state index is -0.501. The second kappa shape index (κ2) is 10.6. The largest absolute Gasteiger partial charge is 0.450 e. The highest BCUT2D eigenvalue weighted by Gasteiger charge is 2.47. The molecule has 3 heteroatoms. The molecule has 0 N–H and O–H groups in total. The highest BCUT2D eigenvalue weighted by atomic mass is 16.6. The normalized spacial score (nSPS) is 13.2. The Hall–Kier alpha value is -6.37. The number of hydrogen-bond acceptors (Lipinski definition) is 3. The summed E-state index contributed by atoms with van der Waals surface area (Å²) in [6, 6.07) is 58.9. The third-order valence-electron chi connectivity index (χ3n) is 9.45. The van der Waals surface area contributed by atoms with Crippen molar-refractivity contribution in [3.05, 3.63) is 192 Å². The molecule has 7 aromatic carbocycles. The summed E-state index contributed by atoms with van der Waals surface area (Å²) in [5.74, 6) is 2.78. The van der Waals surface area contributed by atoms with Crippen molar-refractivity contribution in [1.29, 1.82) is 5.26 Å². The molecule has 1 aliphatic carbocycles. The summed E-state index contributed by atoms with van der Waals surface area (Å²) in [7, 11) is 0. The lowest BCUT2D eigenvalue weighted by Gasteiger charge is -2.34. The molecule has 0 radical (unpaired) electrons. The first kappa shape index (κ1) is 27.0. The Kier molecular flexibility index (Phi) is 6.10. The van der Waals surface area contributed by atoms with Crippen LogP contribution in [0.4, 0.5) is 0 Å². The van der Waals surface area contributed by atoms with Crippen LogP contribution in [0.15, 0.2) is 164 Å². The molecule has 1 heterocycles. The Morgan fingerprint density at radius 3 is 1.68 bits per heavy atom. The number of benzene rings is 7. The van der Waals surface area contributed by atoms with Crippen molar-refractivity contribution in [3.8, 4) is 62.4 Å². The van der Waals surface area contributed by atoms with Gasteiger partial charge >= 0.3 is 0 Å². The molecule has 0 bridgehead atoms. The molecule has 0 spiro atoms. The molecule has 0 unspecified atom stereocenters. The van der Waals surface area contributed by atoms with Gasteiger partial charge in [0, 0.05) is 0 Å². The van der Waals surface area contributed by atoms with Gasteiger partial charge in [-0.25, -0.2) is 0 Å². The summed E-state index contributed by atoms with van der Waals surface area (Å²) in [5, 5.41) is 9.29. The summed E-state index contributed by atoms with van der Waals surface area (Å²) in [6.45, 7) is 0. The summed E-state index contributed by atoms with van der Waals surface area (Å²) in [5.41, 5.74) is 11.5. The molecule has 0 saturated heterocycles. The van der Waals surface area contributed by atoms with Gasteiger partial charge in [0.05, 0.1) is 17.0 Å². The Morgan fingerprint density at radius 1 is 0.404 bits per heavy atom. The van der Waals surface area contributed by atoms with Crippen molar-refractivity contribution in [2.75, 3.05) is 0 Å². The van der Waals surface area contributed by atoms with Gasteiger partial charge < -0.3 is 9.47 Å². The molecule has 9 rings (SSSR count). The van der Waals surface area contributed by atoms with Crippen molar-refractivity contribution < 1.29 is 9.47 Å². The number of nitriles is 1. The molecular formula is C44H27NO2.